The van der Waals surface area contributed by atoms with Crippen molar-refractivity contribution in [3.05, 3.63) is 52.0 Å². The molecule has 0 aliphatic carbocycles. The highest BCUT2D eigenvalue weighted by molar-refractivity contribution is 6.32. The molecule has 2 aromatic rings. The number of hydrogen-bond acceptors (Lipinski definition) is 3. The van der Waals surface area contributed by atoms with E-state index in [-0.39, 0.29) is 0 Å². The van der Waals surface area contributed by atoms with E-state index in [1.54, 1.807) is 0 Å². The molecule has 0 heterocycles. The Hall–Kier alpha value is -1.87. The molecular formula is C19H24ClNO2. The van der Waals surface area contributed by atoms with Gasteiger partial charge in [-0.25, -0.2) is 0 Å². The van der Waals surface area contributed by atoms with Crippen LogP contribution >= 0.6 is 11.6 Å². The topological polar surface area (TPSA) is 30.5 Å². The van der Waals surface area contributed by atoms with E-state index in [1.165, 1.54) is 11.1 Å². The van der Waals surface area contributed by atoms with Crippen LogP contribution in [0, 0.1) is 13.8 Å². The van der Waals surface area contributed by atoms with Gasteiger partial charge in [-0.3, -0.25) is 0 Å². The molecule has 2 rings (SSSR count). The summed E-state index contributed by atoms with van der Waals surface area (Å²) in [6.07, 6.45) is 0. The van der Waals surface area contributed by atoms with E-state index in [1.807, 2.05) is 26.0 Å². The molecule has 23 heavy (non-hydrogen) atoms. The number of aryl methyl sites for hydroxylation is 2. The first-order valence-corrected chi connectivity index (χ1v) is 8.32. The van der Waals surface area contributed by atoms with Crippen molar-refractivity contribution in [1.82, 2.24) is 0 Å². The third-order valence-corrected chi connectivity index (χ3v) is 3.80. The highest BCUT2D eigenvalue weighted by Gasteiger charge is 2.12. The molecule has 0 saturated carbocycles. The van der Waals surface area contributed by atoms with Crippen LogP contribution in [0.3, 0.4) is 0 Å². The molecule has 2 aromatic carbocycles. The fourth-order valence-electron chi connectivity index (χ4n) is 2.48. The Bertz CT molecular complexity index is 671. The average molecular weight is 334 g/mol. The van der Waals surface area contributed by atoms with Gasteiger partial charge in [0.05, 0.1) is 18.2 Å². The van der Waals surface area contributed by atoms with Crippen LogP contribution in [0.25, 0.3) is 0 Å². The van der Waals surface area contributed by atoms with Crippen LogP contribution in [0.2, 0.25) is 5.02 Å². The van der Waals surface area contributed by atoms with Gasteiger partial charge in [0.2, 0.25) is 0 Å². The lowest BCUT2D eigenvalue weighted by molar-refractivity contribution is 0.287. The number of halogens is 1. The lowest BCUT2D eigenvalue weighted by atomic mass is 10.1. The highest BCUT2D eigenvalue weighted by Crippen LogP contribution is 2.37. The lowest BCUT2D eigenvalue weighted by Gasteiger charge is -2.15. The van der Waals surface area contributed by atoms with Gasteiger partial charge in [0.25, 0.3) is 0 Å². The van der Waals surface area contributed by atoms with Crippen LogP contribution in [-0.2, 0) is 6.54 Å². The predicted octanol–water partition coefficient (Wildman–Crippen LogP) is 5.37. The Morgan fingerprint density at radius 2 is 1.74 bits per heavy atom. The molecule has 4 heteroatoms. The van der Waals surface area contributed by atoms with Gasteiger partial charge in [-0.1, -0.05) is 29.3 Å². The summed E-state index contributed by atoms with van der Waals surface area (Å²) < 4.78 is 11.3. The maximum Gasteiger partial charge on any atom is 0.179 e. The molecule has 1 N–H and O–H groups in total. The first-order chi connectivity index (χ1) is 11.0. The maximum atomic E-state index is 6.35. The summed E-state index contributed by atoms with van der Waals surface area (Å²) >= 11 is 6.35. The first-order valence-electron chi connectivity index (χ1n) is 7.94. The zero-order valence-corrected chi connectivity index (χ0v) is 15.0. The molecule has 0 atom stereocenters. The molecule has 124 valence electrons. The van der Waals surface area contributed by atoms with Crippen molar-refractivity contribution in [2.24, 2.45) is 0 Å². The summed E-state index contributed by atoms with van der Waals surface area (Å²) in [5.41, 5.74) is 4.67. The Morgan fingerprint density at radius 1 is 1.00 bits per heavy atom. The Balaban J connectivity index is 2.19. The fourth-order valence-corrected chi connectivity index (χ4v) is 2.77. The van der Waals surface area contributed by atoms with Crippen molar-refractivity contribution < 1.29 is 9.47 Å². The summed E-state index contributed by atoms with van der Waals surface area (Å²) in [6, 6.07) is 10.3. The summed E-state index contributed by atoms with van der Waals surface area (Å²) in [4.78, 5) is 0. The Labute approximate surface area is 143 Å². The minimum absolute atomic E-state index is 0.556. The van der Waals surface area contributed by atoms with Crippen LogP contribution < -0.4 is 14.8 Å². The van der Waals surface area contributed by atoms with E-state index in [9.17, 15) is 0 Å². The quantitative estimate of drug-likeness (QED) is 0.739. The molecule has 0 aromatic heterocycles. The van der Waals surface area contributed by atoms with Crippen molar-refractivity contribution in [3.8, 4) is 11.5 Å². The lowest BCUT2D eigenvalue weighted by Crippen LogP contribution is -2.04. The molecule has 0 radical (unpaired) electrons. The minimum Gasteiger partial charge on any atom is -0.490 e. The van der Waals surface area contributed by atoms with E-state index in [4.69, 9.17) is 21.1 Å². The van der Waals surface area contributed by atoms with E-state index in [2.05, 4.69) is 37.4 Å². The van der Waals surface area contributed by atoms with Gasteiger partial charge >= 0.3 is 0 Å². The van der Waals surface area contributed by atoms with Gasteiger partial charge in [0.1, 0.15) is 0 Å². The number of hydrogen-bond donors (Lipinski definition) is 1. The normalized spacial score (nSPS) is 10.5. The van der Waals surface area contributed by atoms with Gasteiger partial charge in [-0.05, 0) is 57.0 Å². The molecule has 0 spiro atoms. The fraction of sp³-hybridized carbons (Fsp3) is 0.368. The molecule has 0 aliphatic rings. The molecule has 0 bridgehead atoms. The van der Waals surface area contributed by atoms with E-state index in [0.29, 0.717) is 36.3 Å². The van der Waals surface area contributed by atoms with E-state index < -0.39 is 0 Å². The van der Waals surface area contributed by atoms with Gasteiger partial charge in [0.15, 0.2) is 11.5 Å². The summed E-state index contributed by atoms with van der Waals surface area (Å²) in [7, 11) is 0. The average Bonchev–Trinajstić information content (AvgIpc) is 2.50. The Morgan fingerprint density at radius 3 is 2.39 bits per heavy atom. The monoisotopic (exact) mass is 333 g/mol. The van der Waals surface area contributed by atoms with Crippen LogP contribution in [0.1, 0.15) is 30.5 Å². The largest absolute Gasteiger partial charge is 0.490 e. The molecule has 0 aliphatic heterocycles. The van der Waals surface area contributed by atoms with E-state index in [0.717, 1.165) is 11.3 Å². The summed E-state index contributed by atoms with van der Waals surface area (Å²) in [5, 5.41) is 4.03. The third-order valence-electron chi connectivity index (χ3n) is 3.52. The second-order valence-electron chi connectivity index (χ2n) is 5.44. The molecular weight excluding hydrogens is 310 g/mol. The SMILES string of the molecule is CCOc1cc(CNc2ccc(C)cc2C)cc(Cl)c1OCC. The maximum absolute atomic E-state index is 6.35. The van der Waals surface area contributed by atoms with Gasteiger partial charge in [0, 0.05) is 12.2 Å². The van der Waals surface area contributed by atoms with E-state index >= 15 is 0 Å². The van der Waals surface area contributed by atoms with Crippen molar-refractivity contribution in [3.63, 3.8) is 0 Å². The second kappa shape index (κ2) is 8.11. The predicted molar refractivity (Wildman–Crippen MR) is 97.0 cm³/mol. The van der Waals surface area contributed by atoms with Crippen LogP contribution in [0.4, 0.5) is 5.69 Å². The van der Waals surface area contributed by atoms with Gasteiger partial charge in [-0.2, -0.15) is 0 Å². The van der Waals surface area contributed by atoms with Crippen LogP contribution in [0.15, 0.2) is 30.3 Å². The zero-order valence-electron chi connectivity index (χ0n) is 14.2. The number of benzene rings is 2. The highest BCUT2D eigenvalue weighted by atomic mass is 35.5. The number of rotatable bonds is 7. The first kappa shape index (κ1) is 17.5. The van der Waals surface area contributed by atoms with Gasteiger partial charge in [-0.15, -0.1) is 0 Å². The molecule has 0 saturated heterocycles. The number of nitrogens with one attached hydrogen (secondary N) is 1. The van der Waals surface area contributed by atoms with Crippen LogP contribution in [0.5, 0.6) is 11.5 Å². The molecule has 3 nitrogen and oxygen atoms in total. The Kier molecular flexibility index (Phi) is 6.17. The third kappa shape index (κ3) is 4.55. The van der Waals surface area contributed by atoms with Crippen molar-refractivity contribution in [2.75, 3.05) is 18.5 Å². The molecule has 0 fully saturated rings. The summed E-state index contributed by atoms with van der Waals surface area (Å²) in [6.45, 7) is 9.88. The zero-order chi connectivity index (χ0) is 16.8. The van der Waals surface area contributed by atoms with Gasteiger partial charge < -0.3 is 14.8 Å². The van der Waals surface area contributed by atoms with Crippen molar-refractivity contribution >= 4 is 17.3 Å². The standard InChI is InChI=1S/C19H24ClNO2/c1-5-22-18-11-15(10-16(20)19(18)23-6-2)12-21-17-8-7-13(3)9-14(17)4/h7-11,21H,5-6,12H2,1-4H3. The smallest absolute Gasteiger partial charge is 0.179 e. The second-order valence-corrected chi connectivity index (χ2v) is 5.85. The number of anilines is 1. The summed E-state index contributed by atoms with van der Waals surface area (Å²) in [5.74, 6) is 1.31. The van der Waals surface area contributed by atoms with Crippen molar-refractivity contribution in [2.45, 2.75) is 34.2 Å². The van der Waals surface area contributed by atoms with Crippen molar-refractivity contribution in [1.29, 1.82) is 0 Å². The minimum atomic E-state index is 0.556. The molecule has 0 amide bonds. The molecule has 0 unspecified atom stereocenters. The number of ether oxygens (including phenoxy) is 2. The van der Waals surface area contributed by atoms with Crippen LogP contribution in [-0.4, -0.2) is 13.2 Å².